The Bertz CT molecular complexity index is 253. The van der Waals surface area contributed by atoms with E-state index in [1.807, 2.05) is 0 Å². The summed E-state index contributed by atoms with van der Waals surface area (Å²) in [7, 11) is 0. The maximum Gasteiger partial charge on any atom is 0.307 e. The lowest BCUT2D eigenvalue weighted by Crippen LogP contribution is -2.38. The van der Waals surface area contributed by atoms with Crippen LogP contribution in [0.3, 0.4) is 0 Å². The molecule has 16 heavy (non-hydrogen) atoms. The third-order valence-electron chi connectivity index (χ3n) is 3.36. The molecule has 0 aliphatic carbocycles. The summed E-state index contributed by atoms with van der Waals surface area (Å²) in [5.74, 6) is -0.119. The summed E-state index contributed by atoms with van der Waals surface area (Å²) in [6, 6.07) is 0.628. The third kappa shape index (κ3) is 4.35. The van der Waals surface area contributed by atoms with E-state index in [1.165, 1.54) is 12.8 Å². The molecular weight excluding hydrogens is 202 g/mol. The van der Waals surface area contributed by atoms with Crippen molar-refractivity contribution < 1.29 is 9.90 Å². The Balaban J connectivity index is 2.26. The third-order valence-corrected chi connectivity index (χ3v) is 3.36. The van der Waals surface area contributed by atoms with Crippen LogP contribution in [0, 0.1) is 5.92 Å². The van der Waals surface area contributed by atoms with Crippen LogP contribution in [0.25, 0.3) is 0 Å². The number of carbonyl (C=O) groups is 1. The fraction of sp³-hybridized carbons (Fsp3) is 0.769. The smallest absolute Gasteiger partial charge is 0.307 e. The molecule has 0 radical (unpaired) electrons. The number of rotatable bonds is 5. The molecule has 0 spiro atoms. The molecule has 0 aromatic carbocycles. The Hall–Kier alpha value is -0.830. The first-order valence-electron chi connectivity index (χ1n) is 6.11. The summed E-state index contributed by atoms with van der Waals surface area (Å²) in [4.78, 5) is 13.0. The Kier molecular flexibility index (Phi) is 5.00. The van der Waals surface area contributed by atoms with Gasteiger partial charge in [0.15, 0.2) is 0 Å². The molecule has 1 fully saturated rings. The first-order valence-corrected chi connectivity index (χ1v) is 6.11. The van der Waals surface area contributed by atoms with Crippen molar-refractivity contribution in [2.45, 2.75) is 45.6 Å². The van der Waals surface area contributed by atoms with Crippen LogP contribution in [0.4, 0.5) is 0 Å². The number of carboxylic acids is 1. The molecule has 1 saturated heterocycles. The van der Waals surface area contributed by atoms with Crippen molar-refractivity contribution in [1.82, 2.24) is 4.90 Å². The summed E-state index contributed by atoms with van der Waals surface area (Å²) >= 11 is 0. The van der Waals surface area contributed by atoms with Gasteiger partial charge in [-0.05, 0) is 52.1 Å². The second-order valence-electron chi connectivity index (χ2n) is 5.10. The fourth-order valence-corrected chi connectivity index (χ4v) is 2.37. The highest BCUT2D eigenvalue weighted by atomic mass is 16.4. The average Bonchev–Trinajstić information content (AvgIpc) is 2.16. The summed E-state index contributed by atoms with van der Waals surface area (Å²) in [5.41, 5.74) is 0.871. The number of nitrogens with zero attached hydrogens (tertiary/aromatic N) is 1. The Labute approximate surface area is 98.1 Å². The molecule has 0 amide bonds. The highest BCUT2D eigenvalue weighted by Gasteiger charge is 2.21. The van der Waals surface area contributed by atoms with Gasteiger partial charge in [-0.2, -0.15) is 0 Å². The normalized spacial score (nSPS) is 18.9. The second-order valence-corrected chi connectivity index (χ2v) is 5.10. The summed E-state index contributed by atoms with van der Waals surface area (Å²) in [6.07, 6.45) is 3.37. The van der Waals surface area contributed by atoms with Crippen molar-refractivity contribution in [2.75, 3.05) is 13.1 Å². The van der Waals surface area contributed by atoms with Gasteiger partial charge in [0.25, 0.3) is 0 Å². The lowest BCUT2D eigenvalue weighted by molar-refractivity contribution is -0.136. The van der Waals surface area contributed by atoms with Gasteiger partial charge in [-0.3, -0.25) is 4.79 Å². The molecule has 0 atom stereocenters. The number of aliphatic carboxylic acids is 1. The molecule has 1 N–H and O–H groups in total. The predicted octanol–water partition coefficient (Wildman–Crippen LogP) is 2.53. The van der Waals surface area contributed by atoms with Crippen molar-refractivity contribution >= 4 is 5.97 Å². The first kappa shape index (κ1) is 13.2. The van der Waals surface area contributed by atoms with Gasteiger partial charge in [0, 0.05) is 6.04 Å². The van der Waals surface area contributed by atoms with Crippen molar-refractivity contribution in [3.8, 4) is 0 Å². The average molecular weight is 225 g/mol. The minimum Gasteiger partial charge on any atom is -0.481 e. The highest BCUT2D eigenvalue weighted by molar-refractivity contribution is 5.69. The molecule has 1 heterocycles. The van der Waals surface area contributed by atoms with Gasteiger partial charge in [-0.1, -0.05) is 12.2 Å². The molecule has 1 aliphatic heterocycles. The van der Waals surface area contributed by atoms with Crippen molar-refractivity contribution in [3.63, 3.8) is 0 Å². The molecule has 1 rings (SSSR count). The standard InChI is InChI=1S/C13H23NO2/c1-10(2)14-6-4-12(5-7-14)8-11(3)9-13(15)16/h10,12H,3-9H2,1-2H3,(H,15,16). The zero-order valence-electron chi connectivity index (χ0n) is 10.4. The van der Waals surface area contributed by atoms with Crippen molar-refractivity contribution in [1.29, 1.82) is 0 Å². The topological polar surface area (TPSA) is 40.5 Å². The van der Waals surface area contributed by atoms with Crippen LogP contribution in [0.2, 0.25) is 0 Å². The highest BCUT2D eigenvalue weighted by Crippen LogP contribution is 2.25. The van der Waals surface area contributed by atoms with Gasteiger partial charge in [0.2, 0.25) is 0 Å². The Morgan fingerprint density at radius 1 is 1.44 bits per heavy atom. The molecule has 0 unspecified atom stereocenters. The SMILES string of the molecule is C=C(CC(=O)O)CC1CCN(C(C)C)CC1. The molecule has 0 aromatic heterocycles. The van der Waals surface area contributed by atoms with Crippen molar-refractivity contribution in [2.24, 2.45) is 5.92 Å². The van der Waals surface area contributed by atoms with E-state index < -0.39 is 5.97 Å². The van der Waals surface area contributed by atoms with E-state index >= 15 is 0 Å². The Morgan fingerprint density at radius 2 is 2.00 bits per heavy atom. The summed E-state index contributed by atoms with van der Waals surface area (Å²) in [5, 5.41) is 8.66. The van der Waals surface area contributed by atoms with Gasteiger partial charge in [-0.25, -0.2) is 0 Å². The van der Waals surface area contributed by atoms with E-state index in [0.717, 1.165) is 25.1 Å². The molecular formula is C13H23NO2. The van der Waals surface area contributed by atoms with Crippen LogP contribution in [0.5, 0.6) is 0 Å². The van der Waals surface area contributed by atoms with Gasteiger partial charge >= 0.3 is 5.97 Å². The Morgan fingerprint density at radius 3 is 2.44 bits per heavy atom. The number of hydrogen-bond donors (Lipinski definition) is 1. The van der Waals surface area contributed by atoms with E-state index in [1.54, 1.807) is 0 Å². The molecule has 3 nitrogen and oxygen atoms in total. The van der Waals surface area contributed by atoms with Crippen LogP contribution >= 0.6 is 0 Å². The maximum atomic E-state index is 10.5. The number of hydrogen-bond acceptors (Lipinski definition) is 2. The molecule has 1 aliphatic rings. The van der Waals surface area contributed by atoms with Crippen LogP contribution in [-0.4, -0.2) is 35.1 Å². The maximum absolute atomic E-state index is 10.5. The minimum atomic E-state index is -0.760. The van der Waals surface area contributed by atoms with E-state index in [0.29, 0.717) is 12.0 Å². The first-order chi connectivity index (χ1) is 7.49. The zero-order valence-corrected chi connectivity index (χ0v) is 10.4. The lowest BCUT2D eigenvalue weighted by atomic mass is 9.89. The quantitative estimate of drug-likeness (QED) is 0.731. The molecule has 0 saturated carbocycles. The van der Waals surface area contributed by atoms with E-state index in [2.05, 4.69) is 25.3 Å². The van der Waals surface area contributed by atoms with Crippen LogP contribution < -0.4 is 0 Å². The van der Waals surface area contributed by atoms with Gasteiger partial charge < -0.3 is 10.0 Å². The molecule has 92 valence electrons. The van der Waals surface area contributed by atoms with Crippen LogP contribution in [0.1, 0.15) is 39.5 Å². The molecule has 0 aromatic rings. The van der Waals surface area contributed by atoms with Gasteiger partial charge in [-0.15, -0.1) is 0 Å². The van der Waals surface area contributed by atoms with E-state index in [4.69, 9.17) is 5.11 Å². The number of likely N-dealkylation sites (tertiary alicyclic amines) is 1. The zero-order chi connectivity index (χ0) is 12.1. The summed E-state index contributed by atoms with van der Waals surface area (Å²) < 4.78 is 0. The largest absolute Gasteiger partial charge is 0.481 e. The number of piperidine rings is 1. The molecule has 0 bridgehead atoms. The van der Waals surface area contributed by atoms with Crippen LogP contribution in [0.15, 0.2) is 12.2 Å². The van der Waals surface area contributed by atoms with E-state index in [9.17, 15) is 4.79 Å². The molecule has 3 heteroatoms. The second kappa shape index (κ2) is 6.04. The number of carboxylic acid groups (broad SMARTS) is 1. The monoisotopic (exact) mass is 225 g/mol. The van der Waals surface area contributed by atoms with Crippen LogP contribution in [-0.2, 0) is 4.79 Å². The van der Waals surface area contributed by atoms with E-state index in [-0.39, 0.29) is 6.42 Å². The fourth-order valence-electron chi connectivity index (χ4n) is 2.37. The summed E-state index contributed by atoms with van der Waals surface area (Å²) in [6.45, 7) is 10.6. The minimum absolute atomic E-state index is 0.129. The lowest BCUT2D eigenvalue weighted by Gasteiger charge is -2.34. The predicted molar refractivity (Wildman–Crippen MR) is 65.4 cm³/mol. The van der Waals surface area contributed by atoms with Gasteiger partial charge in [0.1, 0.15) is 0 Å². The van der Waals surface area contributed by atoms with Crippen molar-refractivity contribution in [3.05, 3.63) is 12.2 Å². The van der Waals surface area contributed by atoms with Gasteiger partial charge in [0.05, 0.1) is 6.42 Å².